The van der Waals surface area contributed by atoms with E-state index in [1.807, 2.05) is 43.3 Å². The number of hydrogen-bond donors (Lipinski definition) is 0. The zero-order valence-corrected chi connectivity index (χ0v) is 14.1. The normalized spacial score (nSPS) is 11.3. The first-order chi connectivity index (χ1) is 12.1. The number of ether oxygens (including phenoxy) is 1. The summed E-state index contributed by atoms with van der Waals surface area (Å²) in [7, 11) is 0. The van der Waals surface area contributed by atoms with E-state index in [2.05, 4.69) is 5.16 Å². The van der Waals surface area contributed by atoms with Crippen molar-refractivity contribution >= 4 is 28.6 Å². The summed E-state index contributed by atoms with van der Waals surface area (Å²) in [5.41, 5.74) is 0.993. The topological polar surface area (TPSA) is 78.4 Å². The van der Waals surface area contributed by atoms with Crippen LogP contribution in [0.15, 0.2) is 40.9 Å². The summed E-state index contributed by atoms with van der Waals surface area (Å²) in [4.78, 5) is 10.7. The van der Waals surface area contributed by atoms with Gasteiger partial charge in [-0.3, -0.25) is 10.1 Å². The summed E-state index contributed by atoms with van der Waals surface area (Å²) in [6, 6.07) is 11.8. The van der Waals surface area contributed by atoms with Crippen LogP contribution in [-0.2, 0) is 0 Å². The lowest BCUT2D eigenvalue weighted by atomic mass is 10.0. The molecule has 6 nitrogen and oxygen atoms in total. The number of nitro groups is 1. The molecule has 25 heavy (non-hydrogen) atoms. The molecule has 0 unspecified atom stereocenters. The molecular formula is C19H18N2O4. The SMILES string of the molecule is CCCOc1ccc2ccccc2c1/C=C/c1onc(C)c1[N+](=O)[O-]. The molecule has 6 heteroatoms. The Morgan fingerprint density at radius 3 is 2.80 bits per heavy atom. The molecule has 128 valence electrons. The predicted molar refractivity (Wildman–Crippen MR) is 96.6 cm³/mol. The van der Waals surface area contributed by atoms with E-state index in [-0.39, 0.29) is 17.1 Å². The van der Waals surface area contributed by atoms with Gasteiger partial charge in [0.25, 0.3) is 0 Å². The Balaban J connectivity index is 2.09. The van der Waals surface area contributed by atoms with E-state index in [1.165, 1.54) is 0 Å². The van der Waals surface area contributed by atoms with Gasteiger partial charge in [0.05, 0.1) is 11.5 Å². The predicted octanol–water partition coefficient (Wildman–Crippen LogP) is 5.00. The van der Waals surface area contributed by atoms with Gasteiger partial charge in [-0.25, -0.2) is 0 Å². The van der Waals surface area contributed by atoms with Gasteiger partial charge < -0.3 is 9.26 Å². The van der Waals surface area contributed by atoms with Crippen molar-refractivity contribution in [1.29, 1.82) is 0 Å². The first-order valence-corrected chi connectivity index (χ1v) is 8.05. The summed E-state index contributed by atoms with van der Waals surface area (Å²) in [5, 5.41) is 16.9. The Kier molecular flexibility index (Phi) is 4.79. The Hall–Kier alpha value is -3.15. The van der Waals surface area contributed by atoms with E-state index in [0.29, 0.717) is 6.61 Å². The molecule has 0 aliphatic carbocycles. The first-order valence-electron chi connectivity index (χ1n) is 8.05. The molecule has 0 saturated carbocycles. The van der Waals surface area contributed by atoms with Crippen molar-refractivity contribution < 1.29 is 14.2 Å². The Bertz CT molecular complexity index is 944. The Labute approximate surface area is 144 Å². The molecule has 0 radical (unpaired) electrons. The summed E-state index contributed by atoms with van der Waals surface area (Å²) in [6.07, 6.45) is 4.24. The van der Waals surface area contributed by atoms with Crippen molar-refractivity contribution in [2.45, 2.75) is 20.3 Å². The molecule has 0 N–H and O–H groups in total. The maximum atomic E-state index is 11.2. The van der Waals surface area contributed by atoms with Gasteiger partial charge in [0.2, 0.25) is 5.76 Å². The smallest absolute Gasteiger partial charge is 0.338 e. The lowest BCUT2D eigenvalue weighted by molar-refractivity contribution is -0.386. The van der Waals surface area contributed by atoms with Gasteiger partial charge in [0.1, 0.15) is 5.75 Å². The van der Waals surface area contributed by atoms with Gasteiger partial charge in [-0.15, -0.1) is 0 Å². The molecule has 0 bridgehead atoms. The van der Waals surface area contributed by atoms with Crippen LogP contribution in [0.2, 0.25) is 0 Å². The third kappa shape index (κ3) is 3.38. The minimum atomic E-state index is -0.483. The minimum Gasteiger partial charge on any atom is -0.493 e. The van der Waals surface area contributed by atoms with Crippen molar-refractivity contribution in [2.24, 2.45) is 0 Å². The fraction of sp³-hybridized carbons (Fsp3) is 0.211. The number of hydrogen-bond acceptors (Lipinski definition) is 5. The molecule has 0 aliphatic rings. The van der Waals surface area contributed by atoms with Gasteiger partial charge in [0, 0.05) is 5.56 Å². The van der Waals surface area contributed by atoms with E-state index in [9.17, 15) is 10.1 Å². The van der Waals surface area contributed by atoms with E-state index < -0.39 is 4.92 Å². The van der Waals surface area contributed by atoms with Crippen molar-refractivity contribution in [1.82, 2.24) is 5.16 Å². The molecule has 0 amide bonds. The lowest BCUT2D eigenvalue weighted by Crippen LogP contribution is -1.97. The number of fused-ring (bicyclic) bond motifs is 1. The molecule has 3 aromatic rings. The zero-order valence-electron chi connectivity index (χ0n) is 14.1. The minimum absolute atomic E-state index is 0.118. The van der Waals surface area contributed by atoms with Crippen LogP contribution in [0.3, 0.4) is 0 Å². The third-order valence-electron chi connectivity index (χ3n) is 3.83. The summed E-state index contributed by atoms with van der Waals surface area (Å²) >= 11 is 0. The third-order valence-corrected chi connectivity index (χ3v) is 3.83. The largest absolute Gasteiger partial charge is 0.493 e. The highest BCUT2D eigenvalue weighted by atomic mass is 16.6. The monoisotopic (exact) mass is 338 g/mol. The summed E-state index contributed by atoms with van der Waals surface area (Å²) in [6.45, 7) is 4.19. The quantitative estimate of drug-likeness (QED) is 0.466. The van der Waals surface area contributed by atoms with Crippen LogP contribution in [0.4, 0.5) is 5.69 Å². The highest BCUT2D eigenvalue weighted by Crippen LogP contribution is 2.31. The van der Waals surface area contributed by atoms with Gasteiger partial charge in [-0.2, -0.15) is 0 Å². The number of nitrogens with zero attached hydrogens (tertiary/aromatic N) is 2. The molecule has 0 saturated heterocycles. The van der Waals surface area contributed by atoms with E-state index >= 15 is 0 Å². The molecule has 1 heterocycles. The van der Waals surface area contributed by atoms with E-state index in [0.717, 1.165) is 28.5 Å². The Morgan fingerprint density at radius 1 is 1.24 bits per heavy atom. The summed E-state index contributed by atoms with van der Waals surface area (Å²) < 4.78 is 10.9. The fourth-order valence-corrected chi connectivity index (χ4v) is 2.66. The van der Waals surface area contributed by atoms with Crippen LogP contribution in [-0.4, -0.2) is 16.7 Å². The van der Waals surface area contributed by atoms with Crippen LogP contribution in [0, 0.1) is 17.0 Å². The molecule has 0 aliphatic heterocycles. The van der Waals surface area contributed by atoms with Crippen molar-refractivity contribution in [3.8, 4) is 5.75 Å². The van der Waals surface area contributed by atoms with Crippen LogP contribution < -0.4 is 4.74 Å². The molecule has 0 spiro atoms. The van der Waals surface area contributed by atoms with Crippen LogP contribution in [0.1, 0.15) is 30.4 Å². The summed E-state index contributed by atoms with van der Waals surface area (Å²) in [5.74, 6) is 0.854. The first kappa shape index (κ1) is 16.7. The van der Waals surface area contributed by atoms with Gasteiger partial charge in [0.15, 0.2) is 5.69 Å². The van der Waals surface area contributed by atoms with E-state index in [4.69, 9.17) is 9.26 Å². The van der Waals surface area contributed by atoms with Crippen LogP contribution >= 0.6 is 0 Å². The molecule has 0 fully saturated rings. The average molecular weight is 338 g/mol. The number of rotatable bonds is 6. The molecular weight excluding hydrogens is 320 g/mol. The Morgan fingerprint density at radius 2 is 2.04 bits per heavy atom. The van der Waals surface area contributed by atoms with Crippen LogP contribution in [0.25, 0.3) is 22.9 Å². The molecule has 2 aromatic carbocycles. The maximum Gasteiger partial charge on any atom is 0.338 e. The van der Waals surface area contributed by atoms with Gasteiger partial charge in [-0.1, -0.05) is 42.4 Å². The lowest BCUT2D eigenvalue weighted by Gasteiger charge is -2.11. The average Bonchev–Trinajstić information content (AvgIpc) is 2.99. The highest BCUT2D eigenvalue weighted by molar-refractivity contribution is 5.95. The molecule has 0 atom stereocenters. The number of aryl methyl sites for hydroxylation is 1. The zero-order chi connectivity index (χ0) is 17.8. The number of aromatic nitrogens is 1. The molecule has 1 aromatic heterocycles. The highest BCUT2D eigenvalue weighted by Gasteiger charge is 2.22. The maximum absolute atomic E-state index is 11.2. The van der Waals surface area contributed by atoms with Gasteiger partial charge in [-0.05, 0) is 42.3 Å². The molecule has 3 rings (SSSR count). The van der Waals surface area contributed by atoms with Crippen molar-refractivity contribution in [2.75, 3.05) is 6.61 Å². The fourth-order valence-electron chi connectivity index (χ4n) is 2.66. The standard InChI is InChI=1S/C19H18N2O4/c1-3-12-24-17-10-8-14-6-4-5-7-15(14)16(17)9-11-18-19(21(22)23)13(2)20-25-18/h4-11H,3,12H2,1-2H3/b11-9+. The number of benzene rings is 2. The second-order valence-electron chi connectivity index (χ2n) is 5.62. The van der Waals surface area contributed by atoms with Crippen molar-refractivity contribution in [3.05, 3.63) is 63.5 Å². The van der Waals surface area contributed by atoms with Gasteiger partial charge >= 0.3 is 5.69 Å². The second kappa shape index (κ2) is 7.17. The van der Waals surface area contributed by atoms with Crippen LogP contribution in [0.5, 0.6) is 5.75 Å². The second-order valence-corrected chi connectivity index (χ2v) is 5.62. The van der Waals surface area contributed by atoms with Crippen molar-refractivity contribution in [3.63, 3.8) is 0 Å². The van der Waals surface area contributed by atoms with E-state index in [1.54, 1.807) is 19.1 Å².